The first-order chi connectivity index (χ1) is 7.98. The van der Waals surface area contributed by atoms with Gasteiger partial charge in [0.2, 0.25) is 0 Å². The molecule has 1 heterocycles. The predicted octanol–water partition coefficient (Wildman–Crippen LogP) is 3.17. The lowest BCUT2D eigenvalue weighted by molar-refractivity contribution is -0.0577. The highest BCUT2D eigenvalue weighted by molar-refractivity contribution is 5.34. The van der Waals surface area contributed by atoms with Crippen LogP contribution in [0.25, 0.3) is 0 Å². The number of hydrogen-bond donors (Lipinski definition) is 0. The van der Waals surface area contributed by atoms with Gasteiger partial charge in [-0.25, -0.2) is 0 Å². The molecule has 1 aromatic rings. The maximum absolute atomic E-state index is 8.91. The molecular formula is C15H19NO. The van der Waals surface area contributed by atoms with Crippen molar-refractivity contribution in [2.24, 2.45) is 0 Å². The molecule has 2 heteroatoms. The Morgan fingerprint density at radius 1 is 1.24 bits per heavy atom. The van der Waals surface area contributed by atoms with Crippen LogP contribution in [0.1, 0.15) is 38.3 Å². The first-order valence-electron chi connectivity index (χ1n) is 6.04. The van der Waals surface area contributed by atoms with Crippen LogP contribution in [0.2, 0.25) is 0 Å². The maximum atomic E-state index is 8.91. The third-order valence-electron chi connectivity index (χ3n) is 3.54. The fraction of sp³-hybridized carbons (Fsp3) is 0.533. The number of ether oxygens (including phenoxy) is 1. The summed E-state index contributed by atoms with van der Waals surface area (Å²) >= 11 is 0. The summed E-state index contributed by atoms with van der Waals surface area (Å²) in [6.07, 6.45) is 0.544. The number of rotatable bonds is 2. The van der Waals surface area contributed by atoms with Crippen molar-refractivity contribution >= 4 is 0 Å². The summed E-state index contributed by atoms with van der Waals surface area (Å²) in [6.45, 7) is 7.98. The average molecular weight is 229 g/mol. The number of benzene rings is 1. The molecule has 1 aliphatic heterocycles. The largest absolute Gasteiger partial charge is 0.379 e. The van der Waals surface area contributed by atoms with Crippen LogP contribution in [0.5, 0.6) is 0 Å². The van der Waals surface area contributed by atoms with E-state index in [-0.39, 0.29) is 10.8 Å². The number of nitrogens with zero attached hydrogens (tertiary/aromatic N) is 1. The molecule has 0 bridgehead atoms. The topological polar surface area (TPSA) is 33.0 Å². The van der Waals surface area contributed by atoms with Crippen molar-refractivity contribution in [1.29, 1.82) is 5.26 Å². The van der Waals surface area contributed by atoms with E-state index in [9.17, 15) is 0 Å². The van der Waals surface area contributed by atoms with Gasteiger partial charge >= 0.3 is 0 Å². The first-order valence-corrected chi connectivity index (χ1v) is 6.04. The fourth-order valence-electron chi connectivity index (χ4n) is 2.19. The zero-order valence-electron chi connectivity index (χ0n) is 10.8. The Hall–Kier alpha value is -1.33. The van der Waals surface area contributed by atoms with Gasteiger partial charge in [0, 0.05) is 6.42 Å². The van der Waals surface area contributed by atoms with E-state index in [1.165, 1.54) is 11.1 Å². The minimum absolute atomic E-state index is 0.0504. The van der Waals surface area contributed by atoms with E-state index >= 15 is 0 Å². The summed E-state index contributed by atoms with van der Waals surface area (Å²) in [4.78, 5) is 0. The highest BCUT2D eigenvalue weighted by Crippen LogP contribution is 2.36. The smallest absolute Gasteiger partial charge is 0.0632 e. The zero-order chi connectivity index (χ0) is 12.5. The second-order valence-corrected chi connectivity index (χ2v) is 5.94. The molecule has 0 spiro atoms. The maximum Gasteiger partial charge on any atom is 0.0632 e. The Balaban J connectivity index is 2.26. The van der Waals surface area contributed by atoms with E-state index in [0.29, 0.717) is 19.6 Å². The first kappa shape index (κ1) is 12.1. The Labute approximate surface area is 103 Å². The van der Waals surface area contributed by atoms with Crippen molar-refractivity contribution in [3.8, 4) is 6.07 Å². The normalized spacial score (nSPS) is 18.2. The predicted molar refractivity (Wildman–Crippen MR) is 67.9 cm³/mol. The zero-order valence-corrected chi connectivity index (χ0v) is 10.8. The molecule has 2 nitrogen and oxygen atoms in total. The average Bonchev–Trinajstić information content (AvgIpc) is 2.22. The second kappa shape index (κ2) is 4.16. The Morgan fingerprint density at radius 3 is 2.18 bits per heavy atom. The lowest BCUT2D eigenvalue weighted by atomic mass is 9.75. The fourth-order valence-corrected chi connectivity index (χ4v) is 2.19. The van der Waals surface area contributed by atoms with Crippen LogP contribution in [0, 0.1) is 11.3 Å². The van der Waals surface area contributed by atoms with Crippen LogP contribution in [-0.4, -0.2) is 13.2 Å². The Kier molecular flexibility index (Phi) is 2.97. The van der Waals surface area contributed by atoms with Crippen molar-refractivity contribution < 1.29 is 4.74 Å². The molecule has 1 aliphatic rings. The third-order valence-corrected chi connectivity index (χ3v) is 3.54. The molecule has 0 unspecified atom stereocenters. The molecule has 0 atom stereocenters. The molecule has 1 aromatic carbocycles. The van der Waals surface area contributed by atoms with Crippen LogP contribution in [0.3, 0.4) is 0 Å². The van der Waals surface area contributed by atoms with E-state index in [4.69, 9.17) is 10.00 Å². The van der Waals surface area contributed by atoms with Crippen molar-refractivity contribution in [2.75, 3.05) is 13.2 Å². The van der Waals surface area contributed by atoms with E-state index in [1.54, 1.807) is 0 Å². The quantitative estimate of drug-likeness (QED) is 0.780. The van der Waals surface area contributed by atoms with Gasteiger partial charge in [-0.05, 0) is 16.5 Å². The molecule has 0 aromatic heterocycles. The van der Waals surface area contributed by atoms with Gasteiger partial charge in [-0.1, -0.05) is 45.0 Å². The molecule has 0 N–H and O–H groups in total. The SMILES string of the molecule is CC(C)(C)c1ccc(C2(CC#N)COC2)cc1. The van der Waals surface area contributed by atoms with E-state index in [0.717, 1.165) is 0 Å². The van der Waals surface area contributed by atoms with Gasteiger partial charge in [0.1, 0.15) is 0 Å². The van der Waals surface area contributed by atoms with Crippen LogP contribution < -0.4 is 0 Å². The van der Waals surface area contributed by atoms with Crippen LogP contribution in [0.4, 0.5) is 0 Å². The molecule has 90 valence electrons. The van der Waals surface area contributed by atoms with Gasteiger partial charge in [-0.15, -0.1) is 0 Å². The van der Waals surface area contributed by atoms with E-state index in [1.807, 2.05) is 0 Å². The van der Waals surface area contributed by atoms with Crippen LogP contribution in [0.15, 0.2) is 24.3 Å². The van der Waals surface area contributed by atoms with Crippen molar-refractivity contribution in [3.05, 3.63) is 35.4 Å². The summed E-state index contributed by atoms with van der Waals surface area (Å²) in [6, 6.07) is 10.9. The second-order valence-electron chi connectivity index (χ2n) is 5.94. The highest BCUT2D eigenvalue weighted by atomic mass is 16.5. The van der Waals surface area contributed by atoms with Gasteiger partial charge < -0.3 is 4.74 Å². The summed E-state index contributed by atoms with van der Waals surface area (Å²) in [5, 5.41) is 8.91. The van der Waals surface area contributed by atoms with Gasteiger partial charge in [-0.3, -0.25) is 0 Å². The number of hydrogen-bond acceptors (Lipinski definition) is 2. The standard InChI is InChI=1S/C15H19NO/c1-14(2,3)12-4-6-13(7-5-12)15(8-9-16)10-17-11-15/h4-7H,8,10-11H2,1-3H3. The van der Waals surface area contributed by atoms with E-state index in [2.05, 4.69) is 51.1 Å². The monoisotopic (exact) mass is 229 g/mol. The molecule has 0 radical (unpaired) electrons. The summed E-state index contributed by atoms with van der Waals surface area (Å²) in [5.41, 5.74) is 2.69. The molecule has 0 aliphatic carbocycles. The molecular weight excluding hydrogens is 210 g/mol. The Bertz CT molecular complexity index is 429. The minimum atomic E-state index is -0.0504. The van der Waals surface area contributed by atoms with Gasteiger partial charge in [0.25, 0.3) is 0 Å². The molecule has 1 fully saturated rings. The summed E-state index contributed by atoms with van der Waals surface area (Å²) < 4.78 is 5.29. The molecule has 17 heavy (non-hydrogen) atoms. The van der Waals surface area contributed by atoms with Crippen LogP contribution >= 0.6 is 0 Å². The van der Waals surface area contributed by atoms with Gasteiger partial charge in [0.15, 0.2) is 0 Å². The third kappa shape index (κ3) is 2.21. The molecule has 0 amide bonds. The summed E-state index contributed by atoms with van der Waals surface area (Å²) in [7, 11) is 0. The molecule has 0 saturated carbocycles. The van der Waals surface area contributed by atoms with Crippen molar-refractivity contribution in [3.63, 3.8) is 0 Å². The number of nitriles is 1. The van der Waals surface area contributed by atoms with Gasteiger partial charge in [-0.2, -0.15) is 5.26 Å². The van der Waals surface area contributed by atoms with Crippen molar-refractivity contribution in [2.45, 2.75) is 38.0 Å². The van der Waals surface area contributed by atoms with Crippen molar-refractivity contribution in [1.82, 2.24) is 0 Å². The molecule has 2 rings (SSSR count). The lowest BCUT2D eigenvalue weighted by Gasteiger charge is -2.40. The highest BCUT2D eigenvalue weighted by Gasteiger charge is 2.40. The Morgan fingerprint density at radius 2 is 1.82 bits per heavy atom. The van der Waals surface area contributed by atoms with Gasteiger partial charge in [0.05, 0.1) is 24.7 Å². The minimum Gasteiger partial charge on any atom is -0.379 e. The molecule has 1 saturated heterocycles. The van der Waals surface area contributed by atoms with Crippen LogP contribution in [-0.2, 0) is 15.6 Å². The summed E-state index contributed by atoms with van der Waals surface area (Å²) in [5.74, 6) is 0. The lowest BCUT2D eigenvalue weighted by Crippen LogP contribution is -2.46. The van der Waals surface area contributed by atoms with E-state index < -0.39 is 0 Å².